The van der Waals surface area contributed by atoms with Gasteiger partial charge in [0, 0.05) is 17.0 Å². The van der Waals surface area contributed by atoms with E-state index >= 15 is 0 Å². The topological polar surface area (TPSA) is 12.5 Å². The molecule has 1 aromatic rings. The molecule has 1 heterocycles. The van der Waals surface area contributed by atoms with E-state index in [2.05, 4.69) is 76.9 Å². The van der Waals surface area contributed by atoms with Gasteiger partial charge in [-0.1, -0.05) is 51.1 Å². The molecule has 4 unspecified atom stereocenters. The zero-order chi connectivity index (χ0) is 16.4. The van der Waals surface area contributed by atoms with Gasteiger partial charge >= 0.3 is 0 Å². The summed E-state index contributed by atoms with van der Waals surface area (Å²) in [5.74, 6) is 0.533. The van der Waals surface area contributed by atoms with Gasteiger partial charge in [0.25, 0.3) is 0 Å². The Bertz CT molecular complexity index is 474. The molecule has 4 atom stereocenters. The number of hydrogen-bond donors (Lipinski definition) is 0. The monoisotopic (exact) mass is 303 g/mol. The molecule has 1 saturated heterocycles. The molecule has 2 heteroatoms. The molecular formula is C20H33NO. The fourth-order valence-electron chi connectivity index (χ4n) is 3.99. The summed E-state index contributed by atoms with van der Waals surface area (Å²) in [5.41, 5.74) is 1.69. The second-order valence-electron chi connectivity index (χ2n) is 7.45. The standard InChI is InChI=1S/C20H33NO/c1-7-19(4)14-18(16(3)20(5,8-2)21(19)6)22-15-17-12-10-9-11-13-17/h9-13,16,18H,7-8,14-15H2,1-6H3. The van der Waals surface area contributed by atoms with E-state index in [1.807, 2.05) is 0 Å². The van der Waals surface area contributed by atoms with Crippen molar-refractivity contribution in [3.63, 3.8) is 0 Å². The average Bonchev–Trinajstić information content (AvgIpc) is 2.56. The van der Waals surface area contributed by atoms with E-state index in [1.54, 1.807) is 0 Å². The van der Waals surface area contributed by atoms with Gasteiger partial charge in [0.05, 0.1) is 12.7 Å². The van der Waals surface area contributed by atoms with E-state index in [0.717, 1.165) is 25.9 Å². The molecule has 1 aliphatic heterocycles. The molecular weight excluding hydrogens is 270 g/mol. The molecule has 0 bridgehead atoms. The Kier molecular flexibility index (Phi) is 5.34. The second kappa shape index (κ2) is 6.72. The molecule has 0 aliphatic carbocycles. The summed E-state index contributed by atoms with van der Waals surface area (Å²) in [4.78, 5) is 2.62. The first kappa shape index (κ1) is 17.5. The van der Waals surface area contributed by atoms with Crippen molar-refractivity contribution in [2.24, 2.45) is 5.92 Å². The third-order valence-electron chi connectivity index (χ3n) is 6.54. The van der Waals surface area contributed by atoms with Gasteiger partial charge in [-0.3, -0.25) is 4.90 Å². The minimum Gasteiger partial charge on any atom is -0.373 e. The smallest absolute Gasteiger partial charge is 0.0720 e. The van der Waals surface area contributed by atoms with E-state index in [0.29, 0.717) is 12.0 Å². The number of benzene rings is 1. The van der Waals surface area contributed by atoms with Crippen LogP contribution in [0.4, 0.5) is 0 Å². The van der Waals surface area contributed by atoms with Crippen LogP contribution in [0.25, 0.3) is 0 Å². The van der Waals surface area contributed by atoms with Crippen molar-refractivity contribution in [2.45, 2.75) is 77.7 Å². The van der Waals surface area contributed by atoms with Crippen LogP contribution in [0.15, 0.2) is 30.3 Å². The van der Waals surface area contributed by atoms with Gasteiger partial charge in [0.15, 0.2) is 0 Å². The first-order valence-corrected chi connectivity index (χ1v) is 8.77. The average molecular weight is 303 g/mol. The Hall–Kier alpha value is -0.860. The molecule has 22 heavy (non-hydrogen) atoms. The zero-order valence-electron chi connectivity index (χ0n) is 15.2. The van der Waals surface area contributed by atoms with E-state index < -0.39 is 0 Å². The van der Waals surface area contributed by atoms with Crippen LogP contribution in [0, 0.1) is 5.92 Å². The van der Waals surface area contributed by atoms with Gasteiger partial charge in [0.1, 0.15) is 0 Å². The van der Waals surface area contributed by atoms with Crippen LogP contribution in [0.5, 0.6) is 0 Å². The second-order valence-corrected chi connectivity index (χ2v) is 7.45. The fourth-order valence-corrected chi connectivity index (χ4v) is 3.99. The van der Waals surface area contributed by atoms with Crippen LogP contribution in [0.3, 0.4) is 0 Å². The molecule has 0 amide bonds. The maximum absolute atomic E-state index is 6.40. The molecule has 2 nitrogen and oxygen atoms in total. The Labute approximate surface area is 136 Å². The lowest BCUT2D eigenvalue weighted by Gasteiger charge is -2.59. The molecule has 2 rings (SSSR count). The van der Waals surface area contributed by atoms with Crippen LogP contribution >= 0.6 is 0 Å². The molecule has 0 spiro atoms. The Balaban J connectivity index is 2.16. The van der Waals surface area contributed by atoms with Crippen molar-refractivity contribution < 1.29 is 4.74 Å². The summed E-state index contributed by atoms with van der Waals surface area (Å²) in [5, 5.41) is 0. The van der Waals surface area contributed by atoms with Gasteiger partial charge in [-0.2, -0.15) is 0 Å². The highest BCUT2D eigenvalue weighted by atomic mass is 16.5. The van der Waals surface area contributed by atoms with E-state index in [4.69, 9.17) is 4.74 Å². The van der Waals surface area contributed by atoms with Crippen molar-refractivity contribution in [2.75, 3.05) is 7.05 Å². The Morgan fingerprint density at radius 1 is 1.14 bits per heavy atom. The molecule has 0 radical (unpaired) electrons. The molecule has 1 aromatic carbocycles. The van der Waals surface area contributed by atoms with Crippen LogP contribution in [0.1, 0.15) is 59.4 Å². The third-order valence-corrected chi connectivity index (χ3v) is 6.54. The van der Waals surface area contributed by atoms with Crippen LogP contribution in [0.2, 0.25) is 0 Å². The van der Waals surface area contributed by atoms with E-state index in [1.165, 1.54) is 5.56 Å². The van der Waals surface area contributed by atoms with Crippen molar-refractivity contribution in [1.29, 1.82) is 0 Å². The van der Waals surface area contributed by atoms with Crippen molar-refractivity contribution in [3.05, 3.63) is 35.9 Å². The van der Waals surface area contributed by atoms with Gasteiger partial charge < -0.3 is 4.74 Å². The van der Waals surface area contributed by atoms with Crippen molar-refractivity contribution >= 4 is 0 Å². The molecule has 1 aliphatic rings. The molecule has 0 aromatic heterocycles. The quantitative estimate of drug-likeness (QED) is 0.768. The first-order chi connectivity index (χ1) is 10.4. The number of hydrogen-bond acceptors (Lipinski definition) is 2. The lowest BCUT2D eigenvalue weighted by molar-refractivity contribution is -0.148. The lowest BCUT2D eigenvalue weighted by atomic mass is 9.68. The highest BCUT2D eigenvalue weighted by molar-refractivity contribution is 5.14. The normalized spacial score (nSPS) is 36.5. The van der Waals surface area contributed by atoms with Gasteiger partial charge in [-0.25, -0.2) is 0 Å². The number of nitrogens with zero attached hydrogens (tertiary/aromatic N) is 1. The molecule has 0 saturated carbocycles. The fraction of sp³-hybridized carbons (Fsp3) is 0.700. The minimum atomic E-state index is 0.199. The third kappa shape index (κ3) is 3.09. The maximum atomic E-state index is 6.40. The predicted molar refractivity (Wildman–Crippen MR) is 94.0 cm³/mol. The summed E-state index contributed by atoms with van der Waals surface area (Å²) >= 11 is 0. The summed E-state index contributed by atoms with van der Waals surface area (Å²) in [6.07, 6.45) is 3.76. The lowest BCUT2D eigenvalue weighted by Crippen LogP contribution is -2.66. The van der Waals surface area contributed by atoms with Gasteiger partial charge in [-0.15, -0.1) is 0 Å². The summed E-state index contributed by atoms with van der Waals surface area (Å²) < 4.78 is 6.40. The van der Waals surface area contributed by atoms with Crippen molar-refractivity contribution in [3.8, 4) is 0 Å². The minimum absolute atomic E-state index is 0.199. The van der Waals surface area contributed by atoms with E-state index in [9.17, 15) is 0 Å². The summed E-state index contributed by atoms with van der Waals surface area (Å²) in [6, 6.07) is 10.5. The van der Waals surface area contributed by atoms with Crippen LogP contribution in [-0.2, 0) is 11.3 Å². The molecule has 124 valence electrons. The maximum Gasteiger partial charge on any atom is 0.0720 e. The highest BCUT2D eigenvalue weighted by Crippen LogP contribution is 2.45. The highest BCUT2D eigenvalue weighted by Gasteiger charge is 2.51. The summed E-state index contributed by atoms with van der Waals surface area (Å²) in [7, 11) is 2.30. The molecule has 0 N–H and O–H groups in total. The van der Waals surface area contributed by atoms with Gasteiger partial charge in [-0.05, 0) is 45.7 Å². The number of rotatable bonds is 5. The number of ether oxygens (including phenoxy) is 1. The largest absolute Gasteiger partial charge is 0.373 e. The van der Waals surface area contributed by atoms with Crippen molar-refractivity contribution in [1.82, 2.24) is 4.90 Å². The first-order valence-electron chi connectivity index (χ1n) is 8.77. The predicted octanol–water partition coefficient (Wildman–Crippen LogP) is 4.88. The number of piperidine rings is 1. The van der Waals surface area contributed by atoms with Gasteiger partial charge in [0.2, 0.25) is 0 Å². The zero-order valence-corrected chi connectivity index (χ0v) is 15.2. The Morgan fingerprint density at radius 3 is 2.32 bits per heavy atom. The number of likely N-dealkylation sites (tertiary alicyclic amines) is 1. The SMILES string of the molecule is CCC1(C)CC(OCc2ccccc2)C(C)C(C)(CC)N1C. The molecule has 1 fully saturated rings. The van der Waals surface area contributed by atoms with Crippen LogP contribution < -0.4 is 0 Å². The summed E-state index contributed by atoms with van der Waals surface area (Å²) in [6.45, 7) is 12.5. The van der Waals surface area contributed by atoms with E-state index in [-0.39, 0.29) is 11.1 Å². The Morgan fingerprint density at radius 2 is 1.77 bits per heavy atom. The van der Waals surface area contributed by atoms with Crippen LogP contribution in [-0.4, -0.2) is 29.1 Å².